The second-order valence-corrected chi connectivity index (χ2v) is 6.87. The van der Waals surface area contributed by atoms with Crippen LogP contribution >= 0.6 is 31.9 Å². The topological polar surface area (TPSA) is 46.6 Å². The Bertz CT molecular complexity index is 518. The maximum Gasteiger partial charge on any atom is 0.307 e. The van der Waals surface area contributed by atoms with Crippen LogP contribution in [-0.4, -0.2) is 37.0 Å². The van der Waals surface area contributed by atoms with Crippen molar-refractivity contribution in [2.24, 2.45) is 5.92 Å². The van der Waals surface area contributed by atoms with Crippen LogP contribution in [0.3, 0.4) is 0 Å². The summed E-state index contributed by atoms with van der Waals surface area (Å²) < 4.78 is 6.22. The number of rotatable bonds is 6. The minimum absolute atomic E-state index is 0.0965. The molecule has 0 radical (unpaired) electrons. The Kier molecular flexibility index (Phi) is 7.39. The molecule has 0 fully saturated rings. The Balaban J connectivity index is 2.93. The summed E-state index contributed by atoms with van der Waals surface area (Å²) in [6.07, 6.45) is 0.195. The van der Waals surface area contributed by atoms with Gasteiger partial charge in [0, 0.05) is 22.0 Å². The number of ether oxygens (including phenoxy) is 1. The van der Waals surface area contributed by atoms with Crippen LogP contribution in [0.1, 0.15) is 30.6 Å². The van der Waals surface area contributed by atoms with Gasteiger partial charge in [-0.15, -0.1) is 0 Å². The third kappa shape index (κ3) is 5.79. The van der Waals surface area contributed by atoms with Gasteiger partial charge in [-0.1, -0.05) is 29.8 Å². The summed E-state index contributed by atoms with van der Waals surface area (Å²) in [5.41, 5.74) is 0.579. The lowest BCUT2D eigenvalue weighted by Gasteiger charge is -2.25. The summed E-state index contributed by atoms with van der Waals surface area (Å²) in [5, 5.41) is 0. The summed E-state index contributed by atoms with van der Waals surface area (Å²) in [4.78, 5) is 25.7. The number of halogens is 2. The molecule has 1 aromatic carbocycles. The number of esters is 1. The Labute approximate surface area is 142 Å². The molecule has 0 aliphatic rings. The van der Waals surface area contributed by atoms with E-state index in [1.165, 1.54) is 7.11 Å². The van der Waals surface area contributed by atoms with Gasteiger partial charge in [-0.05, 0) is 40.0 Å². The second-order valence-electron chi connectivity index (χ2n) is 5.10. The SMILES string of the molecule is COC(=O)CCN(CC(C)C)C(=O)c1cc(Br)ccc1Br. The molecule has 1 aromatic rings. The van der Waals surface area contributed by atoms with Crippen molar-refractivity contribution >= 4 is 43.7 Å². The molecule has 6 heteroatoms. The largest absolute Gasteiger partial charge is 0.469 e. The summed E-state index contributed by atoms with van der Waals surface area (Å²) in [6, 6.07) is 5.46. The lowest BCUT2D eigenvalue weighted by Crippen LogP contribution is -2.36. The van der Waals surface area contributed by atoms with Crippen molar-refractivity contribution in [3.05, 3.63) is 32.7 Å². The van der Waals surface area contributed by atoms with E-state index in [9.17, 15) is 9.59 Å². The molecule has 1 rings (SSSR count). The zero-order valence-electron chi connectivity index (χ0n) is 12.4. The fourth-order valence-corrected chi connectivity index (χ4v) is 2.65. The minimum atomic E-state index is -0.315. The number of hydrogen-bond donors (Lipinski definition) is 0. The first-order valence-electron chi connectivity index (χ1n) is 6.66. The van der Waals surface area contributed by atoms with Crippen LogP contribution in [0.25, 0.3) is 0 Å². The molecule has 0 atom stereocenters. The van der Waals surface area contributed by atoms with E-state index in [0.717, 1.165) is 8.95 Å². The number of hydrogen-bond acceptors (Lipinski definition) is 3. The van der Waals surface area contributed by atoms with E-state index in [-0.39, 0.29) is 18.3 Å². The van der Waals surface area contributed by atoms with E-state index in [1.807, 2.05) is 26.0 Å². The summed E-state index contributed by atoms with van der Waals surface area (Å²) in [6.45, 7) is 5.01. The molecule has 0 bridgehead atoms. The van der Waals surface area contributed by atoms with Gasteiger partial charge < -0.3 is 9.64 Å². The Morgan fingerprint density at radius 1 is 1.29 bits per heavy atom. The Morgan fingerprint density at radius 3 is 2.52 bits per heavy atom. The third-order valence-electron chi connectivity index (χ3n) is 2.85. The molecule has 4 nitrogen and oxygen atoms in total. The fourth-order valence-electron chi connectivity index (χ4n) is 1.88. The standard InChI is InChI=1S/C15H19Br2NO3/c1-10(2)9-18(7-6-14(19)21-3)15(20)12-8-11(16)4-5-13(12)17/h4-5,8,10H,6-7,9H2,1-3H3. The van der Waals surface area contributed by atoms with Gasteiger partial charge in [0.25, 0.3) is 5.91 Å². The molecule has 0 unspecified atom stereocenters. The van der Waals surface area contributed by atoms with Crippen LogP contribution in [0.5, 0.6) is 0 Å². The van der Waals surface area contributed by atoms with Crippen LogP contribution < -0.4 is 0 Å². The molecule has 1 amide bonds. The molecule has 0 saturated carbocycles. The molecule has 116 valence electrons. The van der Waals surface area contributed by atoms with Crippen LogP contribution in [-0.2, 0) is 9.53 Å². The molecular formula is C15H19Br2NO3. The van der Waals surface area contributed by atoms with Crippen molar-refractivity contribution in [1.82, 2.24) is 4.90 Å². The van der Waals surface area contributed by atoms with Gasteiger partial charge in [0.2, 0.25) is 0 Å². The highest BCUT2D eigenvalue weighted by atomic mass is 79.9. The fraction of sp³-hybridized carbons (Fsp3) is 0.467. The van der Waals surface area contributed by atoms with Gasteiger partial charge in [0.05, 0.1) is 19.1 Å². The van der Waals surface area contributed by atoms with Gasteiger partial charge >= 0.3 is 5.97 Å². The second kappa shape index (κ2) is 8.54. The molecule has 0 saturated heterocycles. The quantitative estimate of drug-likeness (QED) is 0.656. The monoisotopic (exact) mass is 419 g/mol. The van der Waals surface area contributed by atoms with Crippen molar-refractivity contribution < 1.29 is 14.3 Å². The number of nitrogens with zero attached hydrogens (tertiary/aromatic N) is 1. The first-order valence-corrected chi connectivity index (χ1v) is 8.25. The van der Waals surface area contributed by atoms with E-state index in [2.05, 4.69) is 36.6 Å². The number of benzene rings is 1. The molecule has 0 aliphatic carbocycles. The van der Waals surface area contributed by atoms with Crippen LogP contribution in [0.4, 0.5) is 0 Å². The van der Waals surface area contributed by atoms with E-state index in [0.29, 0.717) is 24.6 Å². The van der Waals surface area contributed by atoms with Crippen LogP contribution in [0, 0.1) is 5.92 Å². The van der Waals surface area contributed by atoms with Gasteiger partial charge in [-0.3, -0.25) is 9.59 Å². The zero-order valence-corrected chi connectivity index (χ0v) is 15.5. The van der Waals surface area contributed by atoms with Gasteiger partial charge in [-0.25, -0.2) is 0 Å². The number of amides is 1. The molecule has 0 heterocycles. The minimum Gasteiger partial charge on any atom is -0.469 e. The van der Waals surface area contributed by atoms with E-state index >= 15 is 0 Å². The average molecular weight is 421 g/mol. The number of carbonyl (C=O) groups is 2. The summed E-state index contributed by atoms with van der Waals surface area (Å²) in [5.74, 6) is -0.0943. The predicted molar refractivity (Wildman–Crippen MR) is 89.2 cm³/mol. The lowest BCUT2D eigenvalue weighted by atomic mass is 10.1. The maximum absolute atomic E-state index is 12.7. The summed E-state index contributed by atoms with van der Waals surface area (Å²) in [7, 11) is 1.35. The highest BCUT2D eigenvalue weighted by molar-refractivity contribution is 9.11. The smallest absolute Gasteiger partial charge is 0.307 e. The Morgan fingerprint density at radius 2 is 1.95 bits per heavy atom. The lowest BCUT2D eigenvalue weighted by molar-refractivity contribution is -0.140. The number of carbonyl (C=O) groups excluding carboxylic acids is 2. The molecular weight excluding hydrogens is 402 g/mol. The molecule has 0 spiro atoms. The van der Waals surface area contributed by atoms with Crippen molar-refractivity contribution in [2.45, 2.75) is 20.3 Å². The van der Waals surface area contributed by atoms with Gasteiger partial charge in [-0.2, -0.15) is 0 Å². The molecule has 0 aliphatic heterocycles. The van der Waals surface area contributed by atoms with Gasteiger partial charge in [0.15, 0.2) is 0 Å². The van der Waals surface area contributed by atoms with E-state index < -0.39 is 0 Å². The van der Waals surface area contributed by atoms with Crippen molar-refractivity contribution in [3.8, 4) is 0 Å². The zero-order chi connectivity index (χ0) is 16.0. The first-order chi connectivity index (χ1) is 9.85. The predicted octanol–water partition coefficient (Wildman–Crippen LogP) is 3.87. The van der Waals surface area contributed by atoms with Crippen LogP contribution in [0.15, 0.2) is 27.1 Å². The average Bonchev–Trinajstić information content (AvgIpc) is 2.44. The summed E-state index contributed by atoms with van der Waals surface area (Å²) >= 11 is 6.77. The highest BCUT2D eigenvalue weighted by Crippen LogP contribution is 2.23. The normalized spacial score (nSPS) is 10.6. The van der Waals surface area contributed by atoms with Crippen molar-refractivity contribution in [3.63, 3.8) is 0 Å². The first kappa shape index (κ1) is 18.2. The molecule has 21 heavy (non-hydrogen) atoms. The molecule has 0 N–H and O–H groups in total. The van der Waals surface area contributed by atoms with Gasteiger partial charge in [0.1, 0.15) is 0 Å². The van der Waals surface area contributed by atoms with Crippen molar-refractivity contribution in [2.75, 3.05) is 20.2 Å². The molecule has 0 aromatic heterocycles. The van der Waals surface area contributed by atoms with Crippen molar-refractivity contribution in [1.29, 1.82) is 0 Å². The van der Waals surface area contributed by atoms with E-state index in [1.54, 1.807) is 11.0 Å². The third-order valence-corrected chi connectivity index (χ3v) is 4.03. The maximum atomic E-state index is 12.7. The van der Waals surface area contributed by atoms with E-state index in [4.69, 9.17) is 0 Å². The van der Waals surface area contributed by atoms with Crippen LogP contribution in [0.2, 0.25) is 0 Å². The number of methoxy groups -OCH3 is 1. The Hall–Kier alpha value is -0.880. The highest BCUT2D eigenvalue weighted by Gasteiger charge is 2.20.